The molecule has 0 saturated heterocycles. The van der Waals surface area contributed by atoms with Crippen molar-refractivity contribution < 1.29 is 5.11 Å². The number of hydrogen-bond donors (Lipinski definition) is 3. The monoisotopic (exact) mass is 467 g/mol. The Morgan fingerprint density at radius 2 is 1.65 bits per heavy atom. The maximum Gasteiger partial charge on any atom is 0.191 e. The van der Waals surface area contributed by atoms with Crippen LogP contribution in [0.25, 0.3) is 0 Å². The lowest BCUT2D eigenvalue weighted by molar-refractivity contribution is 0.475. The van der Waals surface area contributed by atoms with Gasteiger partial charge in [-0.15, -0.1) is 24.0 Å². The fourth-order valence-corrected chi connectivity index (χ4v) is 2.68. The minimum Gasteiger partial charge on any atom is -0.508 e. The average Bonchev–Trinajstić information content (AvgIpc) is 2.63. The van der Waals surface area contributed by atoms with Crippen LogP contribution in [0, 0.1) is 0 Å². The molecule has 0 radical (unpaired) electrons. The molecule has 26 heavy (non-hydrogen) atoms. The number of phenols is 1. The van der Waals surface area contributed by atoms with Crippen molar-refractivity contribution in [2.75, 3.05) is 20.1 Å². The summed E-state index contributed by atoms with van der Waals surface area (Å²) in [5, 5.41) is 16.1. The van der Waals surface area contributed by atoms with E-state index in [4.69, 9.17) is 0 Å². The number of aryl methyl sites for hydroxylation is 1. The second-order valence-electron chi connectivity index (χ2n) is 6.87. The van der Waals surface area contributed by atoms with Gasteiger partial charge in [-0.05, 0) is 36.1 Å². The lowest BCUT2D eigenvalue weighted by Crippen LogP contribution is -2.43. The highest BCUT2D eigenvalue weighted by molar-refractivity contribution is 14.0. The van der Waals surface area contributed by atoms with E-state index in [2.05, 4.69) is 53.7 Å². The van der Waals surface area contributed by atoms with Gasteiger partial charge in [-0.3, -0.25) is 4.99 Å². The van der Waals surface area contributed by atoms with Gasteiger partial charge in [0.05, 0.1) is 0 Å². The van der Waals surface area contributed by atoms with E-state index in [0.29, 0.717) is 5.75 Å². The van der Waals surface area contributed by atoms with E-state index in [9.17, 15) is 5.11 Å². The Kier molecular flexibility index (Phi) is 9.48. The Morgan fingerprint density at radius 1 is 1.00 bits per heavy atom. The number of guanidine groups is 1. The summed E-state index contributed by atoms with van der Waals surface area (Å²) in [6, 6.07) is 17.9. The number of hydrogen-bond acceptors (Lipinski definition) is 2. The molecule has 0 bridgehead atoms. The van der Waals surface area contributed by atoms with Crippen molar-refractivity contribution in [3.63, 3.8) is 0 Å². The lowest BCUT2D eigenvalue weighted by atomic mass is 9.85. The SMILES string of the molecule is CN=C(NCCCc1ccc(O)cc1)NCC(C)(C)c1ccccc1.I. The molecule has 3 N–H and O–H groups in total. The van der Waals surface area contributed by atoms with Gasteiger partial charge in [0.25, 0.3) is 0 Å². The normalized spacial score (nSPS) is 11.6. The van der Waals surface area contributed by atoms with Crippen LogP contribution < -0.4 is 10.6 Å². The molecule has 0 amide bonds. The molecule has 0 atom stereocenters. The van der Waals surface area contributed by atoms with E-state index < -0.39 is 0 Å². The fourth-order valence-electron chi connectivity index (χ4n) is 2.68. The molecule has 2 aromatic rings. The number of aliphatic imine (C=N–C) groups is 1. The topological polar surface area (TPSA) is 56.7 Å². The minimum atomic E-state index is 0. The number of rotatable bonds is 7. The Bertz CT molecular complexity index is 669. The van der Waals surface area contributed by atoms with Crippen LogP contribution in [0.15, 0.2) is 59.6 Å². The predicted molar refractivity (Wildman–Crippen MR) is 121 cm³/mol. The van der Waals surface area contributed by atoms with Gasteiger partial charge >= 0.3 is 0 Å². The van der Waals surface area contributed by atoms with Crippen LogP contribution in [0.1, 0.15) is 31.4 Å². The minimum absolute atomic E-state index is 0. The van der Waals surface area contributed by atoms with Gasteiger partial charge in [-0.1, -0.05) is 56.3 Å². The second kappa shape index (κ2) is 11.1. The number of nitrogens with zero attached hydrogens (tertiary/aromatic N) is 1. The zero-order chi connectivity index (χ0) is 18.1. The third-order valence-electron chi connectivity index (χ3n) is 4.35. The summed E-state index contributed by atoms with van der Waals surface area (Å²) in [6.45, 7) is 6.13. The molecule has 0 spiro atoms. The Labute approximate surface area is 174 Å². The summed E-state index contributed by atoms with van der Waals surface area (Å²) in [5.74, 6) is 1.14. The molecule has 2 rings (SSSR count). The summed E-state index contributed by atoms with van der Waals surface area (Å²) in [6.07, 6.45) is 1.98. The maximum atomic E-state index is 9.30. The van der Waals surface area contributed by atoms with Crippen molar-refractivity contribution >= 4 is 29.9 Å². The Balaban J connectivity index is 0.00000338. The largest absolute Gasteiger partial charge is 0.508 e. The molecule has 0 fully saturated rings. The van der Waals surface area contributed by atoms with Gasteiger partial charge in [-0.2, -0.15) is 0 Å². The molecule has 142 valence electrons. The standard InChI is InChI=1S/C21H29N3O.HI/c1-21(2,18-9-5-4-6-10-18)16-24-20(22-3)23-15-7-8-17-11-13-19(25)14-12-17;/h4-6,9-14,25H,7-8,15-16H2,1-3H3,(H2,22,23,24);1H. The van der Waals surface area contributed by atoms with Crippen LogP contribution in [-0.2, 0) is 11.8 Å². The van der Waals surface area contributed by atoms with Crippen LogP contribution in [0.3, 0.4) is 0 Å². The van der Waals surface area contributed by atoms with Gasteiger partial charge in [0.15, 0.2) is 5.96 Å². The molecular weight excluding hydrogens is 437 g/mol. The molecule has 2 aromatic carbocycles. The third kappa shape index (κ3) is 7.23. The number of nitrogens with one attached hydrogen (secondary N) is 2. The van der Waals surface area contributed by atoms with Crippen LogP contribution in [-0.4, -0.2) is 31.2 Å². The molecule has 0 heterocycles. The van der Waals surface area contributed by atoms with Gasteiger partial charge in [0.2, 0.25) is 0 Å². The first-order chi connectivity index (χ1) is 12.0. The summed E-state index contributed by atoms with van der Waals surface area (Å²) in [4.78, 5) is 4.30. The first-order valence-corrected chi connectivity index (χ1v) is 8.79. The van der Waals surface area contributed by atoms with Crippen LogP contribution >= 0.6 is 24.0 Å². The number of phenolic OH excluding ortho intramolecular Hbond substituents is 1. The van der Waals surface area contributed by atoms with Crippen molar-refractivity contribution in [1.29, 1.82) is 0 Å². The van der Waals surface area contributed by atoms with Gasteiger partial charge < -0.3 is 15.7 Å². The molecule has 0 aromatic heterocycles. The van der Waals surface area contributed by atoms with E-state index in [1.54, 1.807) is 19.2 Å². The van der Waals surface area contributed by atoms with Gasteiger partial charge in [0, 0.05) is 25.6 Å². The number of aromatic hydroxyl groups is 1. The molecule has 5 heteroatoms. The number of halogens is 1. The summed E-state index contributed by atoms with van der Waals surface area (Å²) in [5.41, 5.74) is 2.57. The van der Waals surface area contributed by atoms with E-state index in [0.717, 1.165) is 31.9 Å². The first-order valence-electron chi connectivity index (χ1n) is 8.79. The lowest BCUT2D eigenvalue weighted by Gasteiger charge is -2.26. The van der Waals surface area contributed by atoms with Gasteiger partial charge in [-0.25, -0.2) is 0 Å². The smallest absolute Gasteiger partial charge is 0.191 e. The highest BCUT2D eigenvalue weighted by atomic mass is 127. The predicted octanol–water partition coefficient (Wildman–Crippen LogP) is 4.09. The number of benzene rings is 2. The zero-order valence-electron chi connectivity index (χ0n) is 15.8. The third-order valence-corrected chi connectivity index (χ3v) is 4.35. The molecule has 4 nitrogen and oxygen atoms in total. The molecule has 0 unspecified atom stereocenters. The Morgan fingerprint density at radius 3 is 2.27 bits per heavy atom. The highest BCUT2D eigenvalue weighted by Gasteiger charge is 2.20. The zero-order valence-corrected chi connectivity index (χ0v) is 18.2. The molecule has 0 aliphatic rings. The quantitative estimate of drug-likeness (QED) is 0.249. The van der Waals surface area contributed by atoms with E-state index in [1.807, 2.05) is 18.2 Å². The Hall–Kier alpha value is -1.76. The van der Waals surface area contributed by atoms with Crippen molar-refractivity contribution in [1.82, 2.24) is 10.6 Å². The van der Waals surface area contributed by atoms with Crippen molar-refractivity contribution in [3.05, 3.63) is 65.7 Å². The van der Waals surface area contributed by atoms with Crippen LogP contribution in [0.4, 0.5) is 0 Å². The maximum absolute atomic E-state index is 9.30. The molecule has 0 aliphatic heterocycles. The van der Waals surface area contributed by atoms with Crippen LogP contribution in [0.2, 0.25) is 0 Å². The van der Waals surface area contributed by atoms with Crippen LogP contribution in [0.5, 0.6) is 5.75 Å². The van der Waals surface area contributed by atoms with Crippen molar-refractivity contribution in [2.24, 2.45) is 4.99 Å². The molecular formula is C21H30IN3O. The van der Waals surface area contributed by atoms with Gasteiger partial charge in [0.1, 0.15) is 5.75 Å². The summed E-state index contributed by atoms with van der Waals surface area (Å²) < 4.78 is 0. The first kappa shape index (κ1) is 22.3. The fraction of sp³-hybridized carbons (Fsp3) is 0.381. The molecule has 0 aliphatic carbocycles. The van der Waals surface area contributed by atoms with Crippen molar-refractivity contribution in [3.8, 4) is 5.75 Å². The van der Waals surface area contributed by atoms with E-state index >= 15 is 0 Å². The van der Waals surface area contributed by atoms with Crippen molar-refractivity contribution in [2.45, 2.75) is 32.1 Å². The average molecular weight is 467 g/mol. The van der Waals surface area contributed by atoms with E-state index in [-0.39, 0.29) is 29.4 Å². The van der Waals surface area contributed by atoms with E-state index in [1.165, 1.54) is 11.1 Å². The molecule has 0 saturated carbocycles. The highest BCUT2D eigenvalue weighted by Crippen LogP contribution is 2.21. The summed E-state index contributed by atoms with van der Waals surface area (Å²) >= 11 is 0. The second-order valence-corrected chi connectivity index (χ2v) is 6.87. The summed E-state index contributed by atoms with van der Waals surface area (Å²) in [7, 11) is 1.80.